The van der Waals surface area contributed by atoms with Crippen molar-refractivity contribution in [3.8, 4) is 0 Å². The molecule has 0 atom stereocenters. The number of nitrogens with two attached hydrogens (primary N) is 1. The lowest BCUT2D eigenvalue weighted by Gasteiger charge is -2.19. The molecule has 0 saturated heterocycles. The van der Waals surface area contributed by atoms with Gasteiger partial charge in [-0.3, -0.25) is 14.4 Å². The first-order valence-corrected chi connectivity index (χ1v) is 4.52. The van der Waals surface area contributed by atoms with E-state index in [-0.39, 0.29) is 18.0 Å². The molecule has 1 aliphatic carbocycles. The highest BCUT2D eigenvalue weighted by Gasteiger charge is 2.40. The number of carbonyl (C=O) groups excluding carboxylic acids is 3. The second-order valence-electron chi connectivity index (χ2n) is 3.71. The second-order valence-corrected chi connectivity index (χ2v) is 3.71. The normalized spacial score (nSPS) is 18.9. The molecule has 0 spiro atoms. The maximum atomic E-state index is 11.4. The molecule has 0 bridgehead atoms. The van der Waals surface area contributed by atoms with E-state index in [9.17, 15) is 14.4 Å². The molecule has 0 saturated carbocycles. The Hall–Kier alpha value is -1.45. The molecule has 0 aromatic carbocycles. The van der Waals surface area contributed by atoms with Gasteiger partial charge < -0.3 is 5.73 Å². The Morgan fingerprint density at radius 2 is 1.86 bits per heavy atom. The van der Waals surface area contributed by atoms with Gasteiger partial charge in [-0.05, 0) is 31.9 Å². The lowest BCUT2D eigenvalue weighted by atomic mass is 9.81. The third-order valence-corrected chi connectivity index (χ3v) is 2.57. The fourth-order valence-electron chi connectivity index (χ4n) is 1.50. The van der Waals surface area contributed by atoms with Crippen LogP contribution in [0.1, 0.15) is 26.2 Å². The molecule has 1 amide bonds. The zero-order chi connectivity index (χ0) is 10.8. The standard InChI is InChI=1S/C10H13NO3/c1-10(6-2-3-9(11)14)7(12)4-5-8(10)13/h4-5H,2-3,6H2,1H3,(H2,11,14). The quantitative estimate of drug-likeness (QED) is 0.658. The van der Waals surface area contributed by atoms with Crippen LogP contribution >= 0.6 is 0 Å². The summed E-state index contributed by atoms with van der Waals surface area (Å²) in [6.45, 7) is 1.61. The van der Waals surface area contributed by atoms with Crippen LogP contribution in [0.25, 0.3) is 0 Å². The maximum Gasteiger partial charge on any atom is 0.217 e. The fourth-order valence-corrected chi connectivity index (χ4v) is 1.50. The van der Waals surface area contributed by atoms with Gasteiger partial charge in [0.15, 0.2) is 11.6 Å². The molecule has 0 unspecified atom stereocenters. The van der Waals surface area contributed by atoms with Crippen molar-refractivity contribution in [1.29, 1.82) is 0 Å². The van der Waals surface area contributed by atoms with Gasteiger partial charge in [0.25, 0.3) is 0 Å². The number of hydrogen-bond acceptors (Lipinski definition) is 3. The van der Waals surface area contributed by atoms with E-state index in [1.165, 1.54) is 12.2 Å². The molecule has 1 aliphatic rings. The highest BCUT2D eigenvalue weighted by atomic mass is 16.2. The largest absolute Gasteiger partial charge is 0.370 e. The number of allylic oxidation sites excluding steroid dienone is 2. The Labute approximate surface area is 82.2 Å². The van der Waals surface area contributed by atoms with Crippen LogP contribution in [-0.2, 0) is 14.4 Å². The van der Waals surface area contributed by atoms with Crippen molar-refractivity contribution >= 4 is 17.5 Å². The molecule has 0 heterocycles. The lowest BCUT2D eigenvalue weighted by Crippen LogP contribution is -2.30. The lowest BCUT2D eigenvalue weighted by molar-refractivity contribution is -0.133. The van der Waals surface area contributed by atoms with E-state index in [2.05, 4.69) is 0 Å². The van der Waals surface area contributed by atoms with E-state index in [4.69, 9.17) is 5.73 Å². The Bertz CT molecular complexity index is 299. The molecule has 0 fully saturated rings. The Balaban J connectivity index is 2.54. The third-order valence-electron chi connectivity index (χ3n) is 2.57. The molecule has 0 radical (unpaired) electrons. The van der Waals surface area contributed by atoms with Crippen LogP contribution in [0.15, 0.2) is 12.2 Å². The number of carbonyl (C=O) groups is 3. The van der Waals surface area contributed by atoms with Crippen molar-refractivity contribution in [3.05, 3.63) is 12.2 Å². The smallest absolute Gasteiger partial charge is 0.217 e. The molecule has 2 N–H and O–H groups in total. The van der Waals surface area contributed by atoms with Crippen molar-refractivity contribution in [3.63, 3.8) is 0 Å². The minimum Gasteiger partial charge on any atom is -0.370 e. The predicted octanol–water partition coefficient (Wildman–Crippen LogP) is 0.356. The highest BCUT2D eigenvalue weighted by Crippen LogP contribution is 2.31. The summed E-state index contributed by atoms with van der Waals surface area (Å²) in [6.07, 6.45) is 3.68. The van der Waals surface area contributed by atoms with Crippen LogP contribution in [-0.4, -0.2) is 17.5 Å². The van der Waals surface area contributed by atoms with E-state index in [0.717, 1.165) is 0 Å². The Morgan fingerprint density at radius 3 is 2.29 bits per heavy atom. The molecule has 1 rings (SSSR count). The summed E-state index contributed by atoms with van der Waals surface area (Å²) >= 11 is 0. The summed E-state index contributed by atoms with van der Waals surface area (Å²) < 4.78 is 0. The van der Waals surface area contributed by atoms with Gasteiger partial charge >= 0.3 is 0 Å². The maximum absolute atomic E-state index is 11.4. The molecule has 4 nitrogen and oxygen atoms in total. The molecule has 14 heavy (non-hydrogen) atoms. The molecule has 76 valence electrons. The molecular weight excluding hydrogens is 182 g/mol. The molecule has 0 aliphatic heterocycles. The number of amides is 1. The number of primary amides is 1. The molecule has 0 aromatic rings. The SMILES string of the molecule is CC1(CCCC(N)=O)C(=O)C=CC1=O. The zero-order valence-corrected chi connectivity index (χ0v) is 8.08. The van der Waals surface area contributed by atoms with Crippen LogP contribution in [0.5, 0.6) is 0 Å². The van der Waals surface area contributed by atoms with Gasteiger partial charge in [0.1, 0.15) is 0 Å². The van der Waals surface area contributed by atoms with Crippen LogP contribution in [0.2, 0.25) is 0 Å². The number of rotatable bonds is 4. The van der Waals surface area contributed by atoms with Crippen LogP contribution in [0.3, 0.4) is 0 Å². The van der Waals surface area contributed by atoms with Gasteiger partial charge in [-0.25, -0.2) is 0 Å². The minimum atomic E-state index is -0.949. The summed E-state index contributed by atoms with van der Waals surface area (Å²) in [4.78, 5) is 33.2. The summed E-state index contributed by atoms with van der Waals surface area (Å²) in [5.74, 6) is -0.751. The molecular formula is C10H13NO3. The zero-order valence-electron chi connectivity index (χ0n) is 8.08. The van der Waals surface area contributed by atoms with E-state index in [1.54, 1.807) is 6.92 Å². The van der Waals surface area contributed by atoms with Crippen molar-refractivity contribution in [1.82, 2.24) is 0 Å². The number of hydrogen-bond donors (Lipinski definition) is 1. The topological polar surface area (TPSA) is 77.2 Å². The first-order valence-electron chi connectivity index (χ1n) is 4.52. The van der Waals surface area contributed by atoms with E-state index < -0.39 is 11.3 Å². The Morgan fingerprint density at radius 1 is 1.36 bits per heavy atom. The second kappa shape index (κ2) is 3.74. The molecule has 0 aromatic heterocycles. The van der Waals surface area contributed by atoms with Gasteiger partial charge in [0, 0.05) is 6.42 Å². The summed E-state index contributed by atoms with van der Waals surface area (Å²) in [7, 11) is 0. The van der Waals surface area contributed by atoms with Crippen LogP contribution < -0.4 is 5.73 Å². The Kier molecular flexibility index (Phi) is 2.84. The first-order chi connectivity index (χ1) is 6.47. The monoisotopic (exact) mass is 195 g/mol. The van der Waals surface area contributed by atoms with Gasteiger partial charge in [-0.15, -0.1) is 0 Å². The average molecular weight is 195 g/mol. The van der Waals surface area contributed by atoms with Crippen LogP contribution in [0, 0.1) is 5.41 Å². The first kappa shape index (κ1) is 10.6. The van der Waals surface area contributed by atoms with Crippen molar-refractivity contribution in [2.75, 3.05) is 0 Å². The summed E-state index contributed by atoms with van der Waals surface area (Å²) in [5.41, 5.74) is 4.02. The van der Waals surface area contributed by atoms with Gasteiger partial charge in [0.2, 0.25) is 5.91 Å². The third kappa shape index (κ3) is 1.89. The van der Waals surface area contributed by atoms with E-state index >= 15 is 0 Å². The summed E-state index contributed by atoms with van der Waals surface area (Å²) in [5, 5.41) is 0. The predicted molar refractivity (Wildman–Crippen MR) is 50.3 cm³/mol. The van der Waals surface area contributed by atoms with E-state index in [0.29, 0.717) is 12.8 Å². The van der Waals surface area contributed by atoms with Crippen molar-refractivity contribution in [2.24, 2.45) is 11.1 Å². The van der Waals surface area contributed by atoms with Gasteiger partial charge in [-0.1, -0.05) is 0 Å². The van der Waals surface area contributed by atoms with Crippen LogP contribution in [0.4, 0.5) is 0 Å². The average Bonchev–Trinajstić information content (AvgIpc) is 2.33. The highest BCUT2D eigenvalue weighted by molar-refractivity contribution is 6.21. The van der Waals surface area contributed by atoms with Crippen molar-refractivity contribution < 1.29 is 14.4 Å². The minimum absolute atomic E-state index is 0.174. The number of ketones is 2. The van der Waals surface area contributed by atoms with Gasteiger partial charge in [0.05, 0.1) is 5.41 Å². The van der Waals surface area contributed by atoms with E-state index in [1.807, 2.05) is 0 Å². The molecule has 4 heteroatoms. The fraction of sp³-hybridized carbons (Fsp3) is 0.500. The van der Waals surface area contributed by atoms with Gasteiger partial charge in [-0.2, -0.15) is 0 Å². The van der Waals surface area contributed by atoms with Crippen molar-refractivity contribution in [2.45, 2.75) is 26.2 Å². The summed E-state index contributed by atoms with van der Waals surface area (Å²) in [6, 6.07) is 0.